The third-order valence-corrected chi connectivity index (χ3v) is 6.71. The van der Waals surface area contributed by atoms with Crippen LogP contribution in [0.25, 0.3) is 0 Å². The zero-order valence-corrected chi connectivity index (χ0v) is 16.4. The minimum atomic E-state index is -3.90. The van der Waals surface area contributed by atoms with Gasteiger partial charge in [-0.25, -0.2) is 12.8 Å². The van der Waals surface area contributed by atoms with E-state index in [4.69, 9.17) is 4.74 Å². The van der Waals surface area contributed by atoms with Crippen molar-refractivity contribution in [2.45, 2.75) is 44.0 Å². The number of rotatable bonds is 9. The van der Waals surface area contributed by atoms with E-state index in [0.29, 0.717) is 26.2 Å². The summed E-state index contributed by atoms with van der Waals surface area (Å²) in [6.07, 6.45) is 2.30. The maximum absolute atomic E-state index is 14.2. The number of hydrogen-bond acceptors (Lipinski definition) is 4. The van der Waals surface area contributed by atoms with Crippen LogP contribution >= 0.6 is 0 Å². The van der Waals surface area contributed by atoms with Crippen LogP contribution in [-0.2, 0) is 14.8 Å². The van der Waals surface area contributed by atoms with Crippen molar-refractivity contribution in [3.05, 3.63) is 29.6 Å². The van der Waals surface area contributed by atoms with E-state index in [-0.39, 0.29) is 17.5 Å². The van der Waals surface area contributed by atoms with Crippen LogP contribution in [0.1, 0.15) is 43.5 Å². The molecule has 1 aliphatic rings. The Morgan fingerprint density at radius 2 is 1.96 bits per heavy atom. The molecule has 0 unspecified atom stereocenters. The second kappa shape index (κ2) is 8.92. The molecule has 1 amide bonds. The molecule has 8 heteroatoms. The summed E-state index contributed by atoms with van der Waals surface area (Å²) in [5.41, 5.74) is 0.175. The van der Waals surface area contributed by atoms with E-state index in [1.54, 1.807) is 12.0 Å². The summed E-state index contributed by atoms with van der Waals surface area (Å²) >= 11 is 0. The minimum absolute atomic E-state index is 0.0122. The molecule has 0 saturated carbocycles. The number of hydrogen-bond donors (Lipinski definition) is 0. The number of benzene rings is 1. The molecule has 0 aliphatic carbocycles. The monoisotopic (exact) mass is 386 g/mol. The lowest BCUT2D eigenvalue weighted by atomic mass is 10.1. The van der Waals surface area contributed by atoms with Gasteiger partial charge in [-0.05, 0) is 37.5 Å². The van der Waals surface area contributed by atoms with Crippen LogP contribution < -0.4 is 0 Å². The number of carbonyl (C=O) groups is 1. The van der Waals surface area contributed by atoms with E-state index in [1.807, 2.05) is 13.8 Å². The van der Waals surface area contributed by atoms with Gasteiger partial charge in [-0.15, -0.1) is 0 Å². The first kappa shape index (κ1) is 20.8. The Morgan fingerprint density at radius 3 is 2.46 bits per heavy atom. The summed E-state index contributed by atoms with van der Waals surface area (Å²) in [6.45, 7) is 5.52. The number of ether oxygens (including phenoxy) is 1. The second-order valence-corrected chi connectivity index (χ2v) is 8.27. The van der Waals surface area contributed by atoms with Crippen LogP contribution in [0.5, 0.6) is 0 Å². The molecule has 1 fully saturated rings. The molecule has 26 heavy (non-hydrogen) atoms. The fraction of sp³-hybridized carbons (Fsp3) is 0.611. The Hall–Kier alpha value is -1.51. The molecule has 1 aromatic rings. The summed E-state index contributed by atoms with van der Waals surface area (Å²) in [6, 6.07) is 3.57. The van der Waals surface area contributed by atoms with Gasteiger partial charge in [0.15, 0.2) is 0 Å². The Bertz CT molecular complexity index is 731. The quantitative estimate of drug-likeness (QED) is 0.654. The van der Waals surface area contributed by atoms with Crippen molar-refractivity contribution in [2.75, 3.05) is 33.4 Å². The normalized spacial score (nSPS) is 15.1. The van der Waals surface area contributed by atoms with Gasteiger partial charge >= 0.3 is 0 Å². The fourth-order valence-electron chi connectivity index (χ4n) is 3.04. The average Bonchev–Trinajstić information content (AvgIpc) is 2.56. The van der Waals surface area contributed by atoms with Gasteiger partial charge in [0.25, 0.3) is 5.91 Å². The lowest BCUT2D eigenvalue weighted by Gasteiger charge is -2.31. The largest absolute Gasteiger partial charge is 0.383 e. The molecule has 0 atom stereocenters. The zero-order valence-electron chi connectivity index (χ0n) is 15.6. The van der Waals surface area contributed by atoms with E-state index in [1.165, 1.54) is 10.4 Å². The molecular formula is C18H27FN2O4S. The highest BCUT2D eigenvalue weighted by atomic mass is 32.2. The van der Waals surface area contributed by atoms with Gasteiger partial charge in [0.05, 0.1) is 6.61 Å². The molecule has 0 radical (unpaired) electrons. The van der Waals surface area contributed by atoms with Gasteiger partial charge in [-0.1, -0.05) is 13.8 Å². The highest BCUT2D eigenvalue weighted by molar-refractivity contribution is 7.89. The smallest absolute Gasteiger partial charge is 0.254 e. The van der Waals surface area contributed by atoms with E-state index in [2.05, 4.69) is 0 Å². The van der Waals surface area contributed by atoms with Gasteiger partial charge in [0.1, 0.15) is 10.7 Å². The van der Waals surface area contributed by atoms with E-state index < -0.39 is 20.7 Å². The standard InChI is InChI=1S/C18H27FN2O4S/c1-4-15(5-2)21(11-12-25-3)18(22)14-7-8-16(19)17(13-14)26(23,24)20-9-6-10-20/h7-8,13,15H,4-6,9-12H2,1-3H3. The van der Waals surface area contributed by atoms with Crippen LogP contribution in [0.4, 0.5) is 4.39 Å². The summed E-state index contributed by atoms with van der Waals surface area (Å²) < 4.78 is 45.6. The molecule has 0 spiro atoms. The van der Waals surface area contributed by atoms with E-state index in [9.17, 15) is 17.6 Å². The van der Waals surface area contributed by atoms with E-state index >= 15 is 0 Å². The molecule has 1 aliphatic heterocycles. The minimum Gasteiger partial charge on any atom is -0.383 e. The average molecular weight is 386 g/mol. The van der Waals surface area contributed by atoms with Gasteiger partial charge in [0, 0.05) is 38.3 Å². The number of nitrogens with zero attached hydrogens (tertiary/aromatic N) is 2. The Labute approximate surface area is 155 Å². The second-order valence-electron chi connectivity index (χ2n) is 6.36. The Morgan fingerprint density at radius 1 is 1.31 bits per heavy atom. The van der Waals surface area contributed by atoms with Crippen molar-refractivity contribution in [1.29, 1.82) is 0 Å². The molecule has 1 saturated heterocycles. The zero-order chi connectivity index (χ0) is 19.3. The van der Waals surface area contributed by atoms with Crippen molar-refractivity contribution in [3.63, 3.8) is 0 Å². The lowest BCUT2D eigenvalue weighted by molar-refractivity contribution is 0.0589. The number of amides is 1. The van der Waals surface area contributed by atoms with Crippen LogP contribution in [0.15, 0.2) is 23.1 Å². The summed E-state index contributed by atoms with van der Waals surface area (Å²) in [5, 5.41) is 0. The SMILES string of the molecule is CCC(CC)N(CCOC)C(=O)c1ccc(F)c(S(=O)(=O)N2CCC2)c1. The highest BCUT2D eigenvalue weighted by Crippen LogP contribution is 2.25. The van der Waals surface area contributed by atoms with Crippen molar-refractivity contribution < 1.29 is 22.3 Å². The number of methoxy groups -OCH3 is 1. The maximum atomic E-state index is 14.2. The third kappa shape index (κ3) is 4.24. The maximum Gasteiger partial charge on any atom is 0.254 e. The van der Waals surface area contributed by atoms with Crippen LogP contribution in [0.2, 0.25) is 0 Å². The topological polar surface area (TPSA) is 66.9 Å². The molecule has 1 heterocycles. The fourth-order valence-corrected chi connectivity index (χ4v) is 4.64. The highest BCUT2D eigenvalue weighted by Gasteiger charge is 2.33. The predicted octanol–water partition coefficient (Wildman–Crippen LogP) is 2.50. The van der Waals surface area contributed by atoms with E-state index in [0.717, 1.165) is 31.4 Å². The molecule has 2 rings (SSSR count). The molecule has 0 N–H and O–H groups in total. The van der Waals surface area contributed by atoms with Gasteiger partial charge < -0.3 is 9.64 Å². The van der Waals surface area contributed by atoms with Gasteiger partial charge in [-0.2, -0.15) is 4.31 Å². The van der Waals surface area contributed by atoms with Crippen molar-refractivity contribution in [2.24, 2.45) is 0 Å². The van der Waals surface area contributed by atoms with Crippen LogP contribution in [0, 0.1) is 5.82 Å². The summed E-state index contributed by atoms with van der Waals surface area (Å²) in [4.78, 5) is 14.2. The Balaban J connectivity index is 2.36. The molecule has 146 valence electrons. The molecule has 1 aromatic carbocycles. The van der Waals surface area contributed by atoms with Crippen molar-refractivity contribution in [3.8, 4) is 0 Å². The number of sulfonamides is 1. The van der Waals surface area contributed by atoms with Crippen molar-refractivity contribution >= 4 is 15.9 Å². The Kier molecular flexibility index (Phi) is 7.14. The van der Waals surface area contributed by atoms with Crippen LogP contribution in [-0.4, -0.2) is 62.9 Å². The summed E-state index contributed by atoms with van der Waals surface area (Å²) in [7, 11) is -2.34. The summed E-state index contributed by atoms with van der Waals surface area (Å²) in [5.74, 6) is -1.14. The molecular weight excluding hydrogens is 359 g/mol. The molecule has 0 aromatic heterocycles. The molecule has 6 nitrogen and oxygen atoms in total. The third-order valence-electron chi connectivity index (χ3n) is 4.79. The number of halogens is 1. The predicted molar refractivity (Wildman–Crippen MR) is 97.1 cm³/mol. The lowest BCUT2D eigenvalue weighted by Crippen LogP contribution is -2.43. The molecule has 0 bridgehead atoms. The first-order valence-electron chi connectivity index (χ1n) is 8.96. The van der Waals surface area contributed by atoms with Crippen LogP contribution in [0.3, 0.4) is 0 Å². The first-order chi connectivity index (χ1) is 12.4. The van der Waals surface area contributed by atoms with Gasteiger partial charge in [0.2, 0.25) is 10.0 Å². The van der Waals surface area contributed by atoms with Gasteiger partial charge in [-0.3, -0.25) is 4.79 Å². The van der Waals surface area contributed by atoms with Crippen molar-refractivity contribution in [1.82, 2.24) is 9.21 Å². The number of carbonyl (C=O) groups excluding carboxylic acids is 1. The first-order valence-corrected chi connectivity index (χ1v) is 10.4.